The minimum absolute atomic E-state index is 0.0731. The summed E-state index contributed by atoms with van der Waals surface area (Å²) in [5, 5.41) is 12.8. The van der Waals surface area contributed by atoms with Crippen LogP contribution in [-0.4, -0.2) is 90.2 Å². The molecule has 4 heterocycles. The topological polar surface area (TPSA) is 155 Å². The van der Waals surface area contributed by atoms with E-state index < -0.39 is 71.4 Å². The van der Waals surface area contributed by atoms with Gasteiger partial charge in [0.2, 0.25) is 11.8 Å². The lowest BCUT2D eigenvalue weighted by Crippen LogP contribution is -2.58. The Hall–Kier alpha value is -6.05. The van der Waals surface area contributed by atoms with E-state index in [0.717, 1.165) is 42.6 Å². The van der Waals surface area contributed by atoms with Gasteiger partial charge in [-0.1, -0.05) is 130 Å². The van der Waals surface area contributed by atoms with Gasteiger partial charge in [-0.2, -0.15) is 0 Å². The summed E-state index contributed by atoms with van der Waals surface area (Å²) in [7, 11) is 1.23. The lowest BCUT2D eigenvalue weighted by molar-refractivity contribution is -0.179. The first-order valence-corrected chi connectivity index (χ1v) is 21.7. The minimum atomic E-state index is -1.95. The quantitative estimate of drug-likeness (QED) is 0.171. The lowest BCUT2D eigenvalue weighted by Gasteiger charge is -2.46. The number of hydrogen-bond donors (Lipinski definition) is 2. The zero-order chi connectivity index (χ0) is 43.5. The molecule has 3 fully saturated rings. The molecule has 0 saturated carbocycles. The van der Waals surface area contributed by atoms with Crippen LogP contribution in [0.25, 0.3) is 0 Å². The number of methoxy groups -OCH3 is 1. The normalized spacial score (nSPS) is 25.3. The molecule has 8 rings (SSSR count). The van der Waals surface area contributed by atoms with Gasteiger partial charge >= 0.3 is 18.0 Å². The molecule has 4 aromatic rings. The number of urea groups is 1. The van der Waals surface area contributed by atoms with Crippen molar-refractivity contribution in [2.75, 3.05) is 38.3 Å². The number of anilines is 1. The Balaban J connectivity index is 1.44. The number of aliphatic hydroxyl groups excluding tert-OH is 1. The van der Waals surface area contributed by atoms with Crippen LogP contribution in [0, 0.1) is 11.8 Å². The molecule has 0 bridgehead atoms. The van der Waals surface area contributed by atoms with Crippen LogP contribution in [0.5, 0.6) is 5.75 Å². The zero-order valence-electron chi connectivity index (χ0n) is 35.4. The maximum absolute atomic E-state index is 16.4. The molecule has 13 nitrogen and oxygen atoms in total. The molecule has 4 aliphatic heterocycles. The highest BCUT2D eigenvalue weighted by atomic mass is 16.6. The summed E-state index contributed by atoms with van der Waals surface area (Å²) in [6.45, 7) is 4.00. The number of hydrogen-bond acceptors (Lipinski definition) is 10. The Kier molecular flexibility index (Phi) is 12.5. The summed E-state index contributed by atoms with van der Waals surface area (Å²) in [6.07, 6.45) is 3.51. The van der Waals surface area contributed by atoms with Crippen LogP contribution >= 0.6 is 0 Å². The number of esters is 2. The van der Waals surface area contributed by atoms with E-state index in [4.69, 9.17) is 14.2 Å². The van der Waals surface area contributed by atoms with E-state index in [-0.39, 0.29) is 24.8 Å². The number of carbonyl (C=O) groups excluding carboxylic acids is 5. The van der Waals surface area contributed by atoms with Gasteiger partial charge in [0.25, 0.3) is 0 Å². The Labute approximate surface area is 361 Å². The van der Waals surface area contributed by atoms with E-state index in [1.807, 2.05) is 77.7 Å². The number of morpholine rings is 1. The number of aliphatic hydroxyl groups is 1. The molecule has 62 heavy (non-hydrogen) atoms. The predicted molar refractivity (Wildman–Crippen MR) is 230 cm³/mol. The maximum Gasteiger partial charge on any atom is 0.329 e. The maximum atomic E-state index is 16.4. The summed E-state index contributed by atoms with van der Waals surface area (Å²) < 4.78 is 17.9. The Morgan fingerprint density at radius 1 is 0.806 bits per heavy atom. The van der Waals surface area contributed by atoms with Gasteiger partial charge in [-0.15, -0.1) is 0 Å². The van der Waals surface area contributed by atoms with Crippen LogP contribution in [0.4, 0.5) is 10.5 Å². The highest BCUT2D eigenvalue weighted by molar-refractivity contribution is 6.25. The molecule has 0 aromatic heterocycles. The number of amides is 4. The van der Waals surface area contributed by atoms with Crippen molar-refractivity contribution in [1.29, 1.82) is 0 Å². The predicted octanol–water partition coefficient (Wildman–Crippen LogP) is 6.42. The SMILES string of the molecule is COC(=O)C(NC(=O)N1C(=O)C2(c3ccccc31)C(C(=O)N1CCCCCCC1)C1C(=O)OC(c3ccccc3)C(c3ccccc3)N1C2c1ccccc1OCCO)C(C)C. The minimum Gasteiger partial charge on any atom is -0.491 e. The molecule has 0 radical (unpaired) electrons. The third-order valence-corrected chi connectivity index (χ3v) is 13.0. The van der Waals surface area contributed by atoms with Gasteiger partial charge < -0.3 is 29.5 Å². The van der Waals surface area contributed by atoms with Crippen molar-refractivity contribution in [3.63, 3.8) is 0 Å². The number of rotatable bonds is 10. The second-order valence-corrected chi connectivity index (χ2v) is 16.8. The number of carbonyl (C=O) groups is 5. The molecule has 0 aliphatic carbocycles. The number of likely N-dealkylation sites (tertiary alicyclic amines) is 1. The number of benzene rings is 4. The molecule has 7 atom stereocenters. The number of cyclic esters (lactones) is 1. The molecule has 324 valence electrons. The molecular weight excluding hydrogens is 789 g/mol. The molecular formula is C49H54N4O9. The summed E-state index contributed by atoms with van der Waals surface area (Å²) in [5.74, 6) is -3.95. The van der Waals surface area contributed by atoms with Crippen LogP contribution in [0.3, 0.4) is 0 Å². The Morgan fingerprint density at radius 3 is 2.08 bits per heavy atom. The number of para-hydroxylation sites is 2. The number of fused-ring (bicyclic) bond motifs is 3. The fourth-order valence-corrected chi connectivity index (χ4v) is 10.3. The second kappa shape index (κ2) is 18.1. The number of nitrogens with one attached hydrogen (secondary N) is 1. The van der Waals surface area contributed by atoms with Crippen LogP contribution in [-0.2, 0) is 34.1 Å². The fraction of sp³-hybridized carbons (Fsp3) is 0.408. The van der Waals surface area contributed by atoms with Crippen LogP contribution in [0.15, 0.2) is 109 Å². The molecule has 7 unspecified atom stereocenters. The number of nitrogens with zero attached hydrogens (tertiary/aromatic N) is 3. The lowest BCUT2D eigenvalue weighted by atomic mass is 9.65. The van der Waals surface area contributed by atoms with Crippen molar-refractivity contribution >= 4 is 35.5 Å². The van der Waals surface area contributed by atoms with Crippen molar-refractivity contribution in [2.45, 2.75) is 81.6 Å². The molecule has 4 aliphatic rings. The Bertz CT molecular complexity index is 2280. The van der Waals surface area contributed by atoms with E-state index in [0.29, 0.717) is 35.5 Å². The molecule has 4 amide bonds. The average Bonchev–Trinajstić information content (AvgIpc) is 3.73. The summed E-state index contributed by atoms with van der Waals surface area (Å²) in [4.78, 5) is 80.4. The zero-order valence-corrected chi connectivity index (χ0v) is 35.4. The number of ether oxygens (including phenoxy) is 3. The van der Waals surface area contributed by atoms with Crippen LogP contribution in [0.2, 0.25) is 0 Å². The van der Waals surface area contributed by atoms with Gasteiger partial charge in [-0.25, -0.2) is 14.5 Å². The smallest absolute Gasteiger partial charge is 0.329 e. The van der Waals surface area contributed by atoms with E-state index in [9.17, 15) is 14.7 Å². The van der Waals surface area contributed by atoms with Gasteiger partial charge in [0.15, 0.2) is 0 Å². The summed E-state index contributed by atoms with van der Waals surface area (Å²) >= 11 is 0. The molecule has 2 N–H and O–H groups in total. The van der Waals surface area contributed by atoms with Gasteiger partial charge in [-0.05, 0) is 47.6 Å². The highest BCUT2D eigenvalue weighted by Crippen LogP contribution is 2.66. The van der Waals surface area contributed by atoms with Crippen molar-refractivity contribution in [3.8, 4) is 5.75 Å². The number of imide groups is 1. The first-order chi connectivity index (χ1) is 30.1. The van der Waals surface area contributed by atoms with Gasteiger partial charge in [0, 0.05) is 18.7 Å². The van der Waals surface area contributed by atoms with Gasteiger partial charge in [-0.3, -0.25) is 19.3 Å². The molecule has 13 heteroatoms. The monoisotopic (exact) mass is 842 g/mol. The van der Waals surface area contributed by atoms with E-state index in [1.165, 1.54) is 7.11 Å². The first-order valence-electron chi connectivity index (χ1n) is 21.7. The fourth-order valence-electron chi connectivity index (χ4n) is 10.3. The van der Waals surface area contributed by atoms with Crippen molar-refractivity contribution in [3.05, 3.63) is 131 Å². The highest BCUT2D eigenvalue weighted by Gasteiger charge is 2.76. The van der Waals surface area contributed by atoms with Crippen molar-refractivity contribution in [2.24, 2.45) is 11.8 Å². The second-order valence-electron chi connectivity index (χ2n) is 16.8. The summed E-state index contributed by atoms with van der Waals surface area (Å²) in [5.41, 5.74) is 0.612. The van der Waals surface area contributed by atoms with Crippen molar-refractivity contribution in [1.82, 2.24) is 15.1 Å². The van der Waals surface area contributed by atoms with Crippen LogP contribution < -0.4 is 15.0 Å². The molecule has 4 aromatic carbocycles. The standard InChI is InChI=1S/C49H54N4O9/c1-31(2)39(45(56)60-3)50-48(59)52-36-25-15-14-24-35(36)49(47(52)58)38(44(55)51-27-17-5-4-6-18-28-51)41-46(57)62-42(33-21-11-8-12-22-33)40(32-19-9-7-10-20-32)53(41)43(49)34-23-13-16-26-37(34)61-30-29-54/h7-16,19-26,31,38-43,54H,4-6,17-18,27-30H2,1-3H3,(H,50,59). The molecule has 1 spiro atoms. The third-order valence-electron chi connectivity index (χ3n) is 13.0. The van der Waals surface area contributed by atoms with Crippen molar-refractivity contribution < 1.29 is 43.3 Å². The van der Waals surface area contributed by atoms with Crippen LogP contribution in [0.1, 0.15) is 86.4 Å². The Morgan fingerprint density at radius 2 is 1.42 bits per heavy atom. The average molecular weight is 843 g/mol. The summed E-state index contributed by atoms with van der Waals surface area (Å²) in [6, 6.07) is 27.9. The van der Waals surface area contributed by atoms with E-state index in [2.05, 4.69) is 5.32 Å². The largest absolute Gasteiger partial charge is 0.491 e. The van der Waals surface area contributed by atoms with Gasteiger partial charge in [0.05, 0.1) is 37.4 Å². The third kappa shape index (κ3) is 7.30. The van der Waals surface area contributed by atoms with E-state index in [1.54, 1.807) is 55.1 Å². The molecule has 3 saturated heterocycles. The van der Waals surface area contributed by atoms with E-state index >= 15 is 14.4 Å². The van der Waals surface area contributed by atoms with Gasteiger partial charge in [0.1, 0.15) is 36.0 Å². The first kappa shape index (κ1) is 42.6.